The van der Waals surface area contributed by atoms with Crippen LogP contribution in [-0.4, -0.2) is 35.4 Å². The maximum absolute atomic E-state index is 13.6. The van der Waals surface area contributed by atoms with E-state index in [1.807, 2.05) is 0 Å². The first-order chi connectivity index (χ1) is 10.3. The minimum Gasteiger partial charge on any atom is -0.504 e. The third kappa shape index (κ3) is 3.02. The quantitative estimate of drug-likeness (QED) is 0.887. The summed E-state index contributed by atoms with van der Waals surface area (Å²) < 4.78 is 45.9. The van der Waals surface area contributed by atoms with E-state index in [9.17, 15) is 18.3 Å². The molecule has 0 spiro atoms. The summed E-state index contributed by atoms with van der Waals surface area (Å²) in [6.07, 6.45) is -2.95. The van der Waals surface area contributed by atoms with Gasteiger partial charge in [0.15, 0.2) is 11.5 Å². The van der Waals surface area contributed by atoms with Gasteiger partial charge in [0, 0.05) is 6.54 Å². The van der Waals surface area contributed by atoms with Gasteiger partial charge in [-0.15, -0.1) is 0 Å². The summed E-state index contributed by atoms with van der Waals surface area (Å²) in [5.41, 5.74) is -1.08. The monoisotopic (exact) mass is 317 g/mol. The summed E-state index contributed by atoms with van der Waals surface area (Å²) in [5, 5.41) is 9.79. The Balaban J connectivity index is 2.25. The topological polar surface area (TPSA) is 32.7 Å². The summed E-state index contributed by atoms with van der Waals surface area (Å²) in [6.45, 7) is 2.38. The molecule has 1 aromatic rings. The predicted octanol–water partition coefficient (Wildman–Crippen LogP) is 4.10. The van der Waals surface area contributed by atoms with Crippen molar-refractivity contribution in [1.82, 2.24) is 4.90 Å². The lowest BCUT2D eigenvalue weighted by atomic mass is 9.89. The van der Waals surface area contributed by atoms with Gasteiger partial charge in [-0.1, -0.05) is 19.4 Å². The molecule has 1 aliphatic heterocycles. The van der Waals surface area contributed by atoms with Gasteiger partial charge >= 0.3 is 6.18 Å². The second-order valence-electron chi connectivity index (χ2n) is 5.81. The van der Waals surface area contributed by atoms with Crippen LogP contribution in [0.3, 0.4) is 0 Å². The third-order valence-corrected chi connectivity index (χ3v) is 4.43. The number of ether oxygens (including phenoxy) is 1. The van der Waals surface area contributed by atoms with Crippen LogP contribution in [0.2, 0.25) is 0 Å². The van der Waals surface area contributed by atoms with Crippen molar-refractivity contribution in [2.75, 3.05) is 13.7 Å². The molecule has 0 amide bonds. The van der Waals surface area contributed by atoms with Gasteiger partial charge in [0.05, 0.1) is 7.11 Å². The zero-order chi connectivity index (χ0) is 16.4. The molecule has 0 unspecified atom stereocenters. The van der Waals surface area contributed by atoms with Crippen molar-refractivity contribution in [3.05, 3.63) is 23.8 Å². The molecule has 3 nitrogen and oxygen atoms in total. The Bertz CT molecular complexity index is 519. The Kier molecular flexibility index (Phi) is 4.90. The smallest absolute Gasteiger partial charge is 0.406 e. The van der Waals surface area contributed by atoms with Crippen molar-refractivity contribution in [3.8, 4) is 11.5 Å². The Morgan fingerprint density at radius 2 is 2.09 bits per heavy atom. The van der Waals surface area contributed by atoms with Gasteiger partial charge in [0.2, 0.25) is 0 Å². The number of alkyl halides is 3. The van der Waals surface area contributed by atoms with Crippen molar-refractivity contribution in [1.29, 1.82) is 0 Å². The number of phenolic OH excluding ortho intramolecular Hbond substituents is 1. The van der Waals surface area contributed by atoms with E-state index in [0.717, 1.165) is 0 Å². The van der Waals surface area contributed by atoms with Crippen LogP contribution in [0.4, 0.5) is 13.2 Å². The maximum Gasteiger partial charge on any atom is 0.406 e. The molecule has 1 N–H and O–H groups in total. The number of methoxy groups -OCH3 is 1. The van der Waals surface area contributed by atoms with Crippen LogP contribution in [0, 0.1) is 0 Å². The molecule has 22 heavy (non-hydrogen) atoms. The molecule has 124 valence electrons. The second-order valence-corrected chi connectivity index (χ2v) is 5.81. The van der Waals surface area contributed by atoms with E-state index in [4.69, 9.17) is 4.74 Å². The molecular formula is C16H22F3NO2. The van der Waals surface area contributed by atoms with Gasteiger partial charge in [-0.2, -0.15) is 13.2 Å². The fourth-order valence-electron chi connectivity index (χ4n) is 3.38. The van der Waals surface area contributed by atoms with Crippen LogP contribution in [0.5, 0.6) is 11.5 Å². The molecule has 0 saturated carbocycles. The van der Waals surface area contributed by atoms with Crippen molar-refractivity contribution in [3.63, 3.8) is 0 Å². The number of phenols is 1. The standard InChI is InChI=1S/C16H22F3NO2/c1-3-7-15(16(17,18)19)8-4-9-20(15)11-12-5-6-14(22-2)13(21)10-12/h5-6,10,21H,3-4,7-9,11H2,1-2H3/t15-/m0/s1. The van der Waals surface area contributed by atoms with E-state index in [1.54, 1.807) is 19.1 Å². The molecule has 0 aliphatic carbocycles. The summed E-state index contributed by atoms with van der Waals surface area (Å²) in [6, 6.07) is 4.75. The lowest BCUT2D eigenvalue weighted by Gasteiger charge is -2.40. The van der Waals surface area contributed by atoms with Crippen LogP contribution in [-0.2, 0) is 6.54 Å². The Labute approximate surface area is 128 Å². The number of benzene rings is 1. The third-order valence-electron chi connectivity index (χ3n) is 4.43. The largest absolute Gasteiger partial charge is 0.504 e. The van der Waals surface area contributed by atoms with Gasteiger partial charge < -0.3 is 9.84 Å². The van der Waals surface area contributed by atoms with Gasteiger partial charge in [-0.3, -0.25) is 4.90 Å². The average Bonchev–Trinajstić information content (AvgIpc) is 2.83. The highest BCUT2D eigenvalue weighted by Crippen LogP contribution is 2.47. The molecule has 0 bridgehead atoms. The highest BCUT2D eigenvalue weighted by atomic mass is 19.4. The highest BCUT2D eigenvalue weighted by Gasteiger charge is 2.59. The van der Waals surface area contributed by atoms with Crippen molar-refractivity contribution >= 4 is 0 Å². The van der Waals surface area contributed by atoms with E-state index in [-0.39, 0.29) is 25.1 Å². The molecule has 1 aromatic carbocycles. The molecular weight excluding hydrogens is 295 g/mol. The van der Waals surface area contributed by atoms with Crippen LogP contribution < -0.4 is 4.74 Å². The van der Waals surface area contributed by atoms with E-state index in [1.165, 1.54) is 18.1 Å². The molecule has 6 heteroatoms. The van der Waals surface area contributed by atoms with E-state index >= 15 is 0 Å². The molecule has 1 aliphatic rings. The number of halogens is 3. The molecule has 0 radical (unpaired) electrons. The fourth-order valence-corrected chi connectivity index (χ4v) is 3.38. The van der Waals surface area contributed by atoms with Crippen LogP contribution >= 0.6 is 0 Å². The average molecular weight is 317 g/mol. The molecule has 1 fully saturated rings. The second kappa shape index (κ2) is 6.36. The molecule has 0 aromatic heterocycles. The van der Waals surface area contributed by atoms with E-state index in [2.05, 4.69) is 0 Å². The number of nitrogens with zero attached hydrogens (tertiary/aromatic N) is 1. The summed E-state index contributed by atoms with van der Waals surface area (Å²) >= 11 is 0. The Hall–Kier alpha value is -1.43. The summed E-state index contributed by atoms with van der Waals surface area (Å²) in [5.74, 6) is 0.271. The Morgan fingerprint density at radius 1 is 1.36 bits per heavy atom. The molecule has 1 saturated heterocycles. The normalized spacial score (nSPS) is 23.0. The zero-order valence-electron chi connectivity index (χ0n) is 12.9. The Morgan fingerprint density at radius 3 is 2.64 bits per heavy atom. The molecule has 2 rings (SSSR count). The summed E-state index contributed by atoms with van der Waals surface area (Å²) in [4.78, 5) is 1.51. The highest BCUT2D eigenvalue weighted by molar-refractivity contribution is 5.41. The molecule has 1 heterocycles. The van der Waals surface area contributed by atoms with Gasteiger partial charge in [0.1, 0.15) is 5.54 Å². The predicted molar refractivity (Wildman–Crippen MR) is 78.0 cm³/mol. The number of hydrogen-bond donors (Lipinski definition) is 1. The number of aromatic hydroxyl groups is 1. The van der Waals surface area contributed by atoms with Crippen LogP contribution in [0.1, 0.15) is 38.2 Å². The van der Waals surface area contributed by atoms with Crippen molar-refractivity contribution < 1.29 is 23.0 Å². The first-order valence-corrected chi connectivity index (χ1v) is 7.51. The van der Waals surface area contributed by atoms with Gasteiger partial charge in [0.25, 0.3) is 0 Å². The summed E-state index contributed by atoms with van der Waals surface area (Å²) in [7, 11) is 1.44. The lowest BCUT2D eigenvalue weighted by molar-refractivity contribution is -0.227. The van der Waals surface area contributed by atoms with Gasteiger partial charge in [-0.25, -0.2) is 0 Å². The first kappa shape index (κ1) is 16.9. The SMILES string of the molecule is CCC[C@@]1(C(F)(F)F)CCCN1Cc1ccc(OC)c(O)c1. The number of likely N-dealkylation sites (tertiary alicyclic amines) is 1. The number of rotatable bonds is 5. The van der Waals surface area contributed by atoms with Crippen LogP contribution in [0.15, 0.2) is 18.2 Å². The minimum atomic E-state index is -4.24. The van der Waals surface area contributed by atoms with Crippen LogP contribution in [0.25, 0.3) is 0 Å². The lowest BCUT2D eigenvalue weighted by Crippen LogP contribution is -2.54. The zero-order valence-corrected chi connectivity index (χ0v) is 12.9. The van der Waals surface area contributed by atoms with E-state index in [0.29, 0.717) is 30.7 Å². The van der Waals surface area contributed by atoms with Crippen molar-refractivity contribution in [2.45, 2.75) is 50.9 Å². The fraction of sp³-hybridized carbons (Fsp3) is 0.625. The van der Waals surface area contributed by atoms with Gasteiger partial charge in [-0.05, 0) is 43.5 Å². The van der Waals surface area contributed by atoms with E-state index < -0.39 is 11.7 Å². The maximum atomic E-state index is 13.6. The first-order valence-electron chi connectivity index (χ1n) is 7.51. The molecule has 1 atom stereocenters. The number of hydrogen-bond acceptors (Lipinski definition) is 3. The minimum absolute atomic E-state index is 0.0488. The van der Waals surface area contributed by atoms with Crippen molar-refractivity contribution in [2.24, 2.45) is 0 Å².